The SMILES string of the molecule is C[C@H](NC(=O)c1ccco1)c1ccc(I)cc1. The molecule has 0 unspecified atom stereocenters. The molecule has 3 nitrogen and oxygen atoms in total. The van der Waals surface area contributed by atoms with Gasteiger partial charge in [0.2, 0.25) is 0 Å². The minimum absolute atomic E-state index is 0.0374. The van der Waals surface area contributed by atoms with Crippen molar-refractivity contribution >= 4 is 28.5 Å². The maximum Gasteiger partial charge on any atom is 0.287 e. The lowest BCUT2D eigenvalue weighted by Crippen LogP contribution is -2.26. The summed E-state index contributed by atoms with van der Waals surface area (Å²) in [4.78, 5) is 11.8. The van der Waals surface area contributed by atoms with Crippen molar-refractivity contribution in [3.8, 4) is 0 Å². The maximum absolute atomic E-state index is 11.8. The summed E-state index contributed by atoms with van der Waals surface area (Å²) < 4.78 is 6.21. The first kappa shape index (κ1) is 12.2. The van der Waals surface area contributed by atoms with E-state index in [1.54, 1.807) is 12.1 Å². The molecule has 1 N–H and O–H groups in total. The molecular formula is C13H12INO2. The van der Waals surface area contributed by atoms with Crippen LogP contribution in [0.3, 0.4) is 0 Å². The predicted octanol–water partition coefficient (Wildman–Crippen LogP) is 3.38. The van der Waals surface area contributed by atoms with E-state index in [1.165, 1.54) is 9.83 Å². The number of benzene rings is 1. The predicted molar refractivity (Wildman–Crippen MR) is 73.7 cm³/mol. The fraction of sp³-hybridized carbons (Fsp3) is 0.154. The molecule has 88 valence electrons. The molecule has 0 aliphatic heterocycles. The average Bonchev–Trinajstić information content (AvgIpc) is 2.83. The Morgan fingerprint density at radius 2 is 2.00 bits per heavy atom. The Bertz CT molecular complexity index is 491. The quantitative estimate of drug-likeness (QED) is 0.870. The molecule has 4 heteroatoms. The molecule has 0 saturated carbocycles. The summed E-state index contributed by atoms with van der Waals surface area (Å²) in [5, 5.41) is 2.88. The van der Waals surface area contributed by atoms with Gasteiger partial charge in [0.05, 0.1) is 12.3 Å². The Morgan fingerprint density at radius 1 is 1.29 bits per heavy atom. The van der Waals surface area contributed by atoms with Gasteiger partial charge in [-0.3, -0.25) is 4.79 Å². The number of amides is 1. The van der Waals surface area contributed by atoms with Crippen LogP contribution in [0.4, 0.5) is 0 Å². The van der Waals surface area contributed by atoms with Crippen LogP contribution in [0.1, 0.15) is 29.1 Å². The van der Waals surface area contributed by atoms with Crippen molar-refractivity contribution < 1.29 is 9.21 Å². The Morgan fingerprint density at radius 3 is 2.59 bits per heavy atom. The van der Waals surface area contributed by atoms with E-state index in [1.807, 2.05) is 31.2 Å². The zero-order valence-corrected chi connectivity index (χ0v) is 11.5. The number of nitrogens with one attached hydrogen (secondary N) is 1. The topological polar surface area (TPSA) is 42.2 Å². The smallest absolute Gasteiger partial charge is 0.287 e. The van der Waals surface area contributed by atoms with Crippen molar-refractivity contribution in [2.24, 2.45) is 0 Å². The molecule has 0 spiro atoms. The summed E-state index contributed by atoms with van der Waals surface area (Å²) in [6.07, 6.45) is 1.49. The number of carbonyl (C=O) groups is 1. The van der Waals surface area contributed by atoms with Crippen molar-refractivity contribution in [2.75, 3.05) is 0 Å². The molecule has 1 aromatic heterocycles. The van der Waals surface area contributed by atoms with E-state index in [4.69, 9.17) is 4.42 Å². The summed E-state index contributed by atoms with van der Waals surface area (Å²) in [6, 6.07) is 11.4. The lowest BCUT2D eigenvalue weighted by molar-refractivity contribution is 0.0912. The normalized spacial score (nSPS) is 12.1. The van der Waals surface area contributed by atoms with Crippen molar-refractivity contribution in [1.29, 1.82) is 0 Å². The lowest BCUT2D eigenvalue weighted by atomic mass is 10.1. The first-order chi connectivity index (χ1) is 8.16. The molecule has 17 heavy (non-hydrogen) atoms. The second-order valence-corrected chi connectivity index (χ2v) is 4.97. The molecule has 2 rings (SSSR count). The van der Waals surface area contributed by atoms with Crippen LogP contribution >= 0.6 is 22.6 Å². The third kappa shape index (κ3) is 3.09. The molecule has 0 bridgehead atoms. The van der Waals surface area contributed by atoms with Crippen molar-refractivity contribution in [2.45, 2.75) is 13.0 Å². The van der Waals surface area contributed by atoms with Crippen LogP contribution in [0.5, 0.6) is 0 Å². The maximum atomic E-state index is 11.8. The van der Waals surface area contributed by atoms with Crippen molar-refractivity contribution in [3.63, 3.8) is 0 Å². The summed E-state index contributed by atoms with van der Waals surface area (Å²) in [6.45, 7) is 1.95. The molecule has 0 aliphatic carbocycles. The van der Waals surface area contributed by atoms with Gasteiger partial charge in [-0.15, -0.1) is 0 Å². The van der Waals surface area contributed by atoms with Gasteiger partial charge in [0, 0.05) is 3.57 Å². The molecule has 0 aliphatic rings. The fourth-order valence-corrected chi connectivity index (χ4v) is 1.87. The highest BCUT2D eigenvalue weighted by molar-refractivity contribution is 14.1. The minimum Gasteiger partial charge on any atom is -0.459 e. The molecule has 1 heterocycles. The fourth-order valence-electron chi connectivity index (χ4n) is 1.51. The largest absolute Gasteiger partial charge is 0.459 e. The summed E-state index contributed by atoms with van der Waals surface area (Å²) in [7, 11) is 0. The van der Waals surface area contributed by atoms with E-state index in [9.17, 15) is 4.79 Å². The van der Waals surface area contributed by atoms with Gasteiger partial charge in [-0.2, -0.15) is 0 Å². The zero-order valence-electron chi connectivity index (χ0n) is 9.31. The van der Waals surface area contributed by atoms with Crippen LogP contribution in [0.25, 0.3) is 0 Å². The van der Waals surface area contributed by atoms with Gasteiger partial charge < -0.3 is 9.73 Å². The average molecular weight is 341 g/mol. The molecule has 1 atom stereocenters. The Kier molecular flexibility index (Phi) is 3.83. The zero-order chi connectivity index (χ0) is 12.3. The van der Waals surface area contributed by atoms with Crippen molar-refractivity contribution in [1.82, 2.24) is 5.32 Å². The highest BCUT2D eigenvalue weighted by Crippen LogP contribution is 2.15. The van der Waals surface area contributed by atoms with Crippen LogP contribution < -0.4 is 5.32 Å². The molecule has 2 aromatic rings. The molecule has 0 saturated heterocycles. The van der Waals surface area contributed by atoms with Crippen LogP contribution in [-0.2, 0) is 0 Å². The number of furan rings is 1. The number of hydrogen-bond acceptors (Lipinski definition) is 2. The summed E-state index contributed by atoms with van der Waals surface area (Å²) >= 11 is 2.25. The molecule has 0 fully saturated rings. The van der Waals surface area contributed by atoms with Crippen LogP contribution in [0, 0.1) is 3.57 Å². The lowest BCUT2D eigenvalue weighted by Gasteiger charge is -2.13. The third-order valence-corrected chi connectivity index (χ3v) is 3.18. The minimum atomic E-state index is -0.193. The molecule has 1 aromatic carbocycles. The highest BCUT2D eigenvalue weighted by Gasteiger charge is 2.12. The van der Waals surface area contributed by atoms with E-state index in [2.05, 4.69) is 27.9 Å². The van der Waals surface area contributed by atoms with E-state index in [0.717, 1.165) is 5.56 Å². The number of hydrogen-bond donors (Lipinski definition) is 1. The Hall–Kier alpha value is -1.30. The summed E-state index contributed by atoms with van der Waals surface area (Å²) in [5.74, 6) is 0.142. The first-order valence-corrected chi connectivity index (χ1v) is 6.34. The monoisotopic (exact) mass is 341 g/mol. The van der Waals surface area contributed by atoms with E-state index in [0.29, 0.717) is 5.76 Å². The van der Waals surface area contributed by atoms with Gasteiger partial charge in [0.25, 0.3) is 5.91 Å². The van der Waals surface area contributed by atoms with E-state index in [-0.39, 0.29) is 11.9 Å². The van der Waals surface area contributed by atoms with Gasteiger partial charge >= 0.3 is 0 Å². The molecule has 0 radical (unpaired) electrons. The third-order valence-electron chi connectivity index (χ3n) is 2.46. The van der Waals surface area contributed by atoms with Crippen LogP contribution in [-0.4, -0.2) is 5.91 Å². The van der Waals surface area contributed by atoms with Gasteiger partial charge in [0.15, 0.2) is 5.76 Å². The second kappa shape index (κ2) is 5.35. The second-order valence-electron chi connectivity index (χ2n) is 3.72. The number of rotatable bonds is 3. The van der Waals surface area contributed by atoms with Gasteiger partial charge in [0.1, 0.15) is 0 Å². The van der Waals surface area contributed by atoms with Gasteiger partial charge in [-0.1, -0.05) is 12.1 Å². The van der Waals surface area contributed by atoms with Crippen LogP contribution in [0.2, 0.25) is 0 Å². The Balaban J connectivity index is 2.04. The van der Waals surface area contributed by atoms with E-state index >= 15 is 0 Å². The van der Waals surface area contributed by atoms with Crippen molar-refractivity contribution in [3.05, 3.63) is 57.6 Å². The van der Waals surface area contributed by atoms with E-state index < -0.39 is 0 Å². The first-order valence-electron chi connectivity index (χ1n) is 5.26. The van der Waals surface area contributed by atoms with Crippen LogP contribution in [0.15, 0.2) is 47.1 Å². The van der Waals surface area contributed by atoms with Gasteiger partial charge in [-0.25, -0.2) is 0 Å². The molecule has 1 amide bonds. The highest BCUT2D eigenvalue weighted by atomic mass is 127. The summed E-state index contributed by atoms with van der Waals surface area (Å²) in [5.41, 5.74) is 1.07. The van der Waals surface area contributed by atoms with Gasteiger partial charge in [-0.05, 0) is 59.3 Å². The number of carbonyl (C=O) groups excluding carboxylic acids is 1. The standard InChI is InChI=1S/C13H12INO2/c1-9(10-4-6-11(14)7-5-10)15-13(16)12-3-2-8-17-12/h2-9H,1H3,(H,15,16)/t9-/m0/s1. The number of halogens is 1. The Labute approximate surface area is 113 Å². The molecular weight excluding hydrogens is 329 g/mol.